The third-order valence-electron chi connectivity index (χ3n) is 4.53. The second-order valence-electron chi connectivity index (χ2n) is 6.98. The standard InChI is InChI=1S/C21H21F3N2O4S2/c1-3-5-12-9-13(20(29)30-4-2)19(31-12)26-17(27)10-16-18(28)25-14-8-11(21(22,23)24)6-7-15(14)32-16/h6-9,16H,3-5,10H2,1-2H3,(H,25,28)(H,26,27). The highest BCUT2D eigenvalue weighted by Crippen LogP contribution is 2.41. The number of aryl methyl sites for hydroxylation is 1. The lowest BCUT2D eigenvalue weighted by Gasteiger charge is -2.24. The van der Waals surface area contributed by atoms with Crippen LogP contribution in [0, 0.1) is 0 Å². The minimum atomic E-state index is -4.52. The number of esters is 1. The molecule has 11 heteroatoms. The van der Waals surface area contributed by atoms with Gasteiger partial charge in [-0.3, -0.25) is 9.59 Å². The number of hydrogen-bond acceptors (Lipinski definition) is 6. The van der Waals surface area contributed by atoms with E-state index < -0.39 is 34.8 Å². The van der Waals surface area contributed by atoms with E-state index in [2.05, 4.69) is 10.6 Å². The molecule has 0 radical (unpaired) electrons. The van der Waals surface area contributed by atoms with E-state index in [1.807, 2.05) is 6.92 Å². The number of amides is 2. The van der Waals surface area contributed by atoms with Crippen molar-refractivity contribution in [1.82, 2.24) is 0 Å². The van der Waals surface area contributed by atoms with Crippen LogP contribution in [-0.2, 0) is 26.9 Å². The molecule has 2 heterocycles. The van der Waals surface area contributed by atoms with Gasteiger partial charge in [0, 0.05) is 16.2 Å². The van der Waals surface area contributed by atoms with E-state index in [0.717, 1.165) is 41.6 Å². The molecule has 172 valence electrons. The number of nitrogens with one attached hydrogen (secondary N) is 2. The van der Waals surface area contributed by atoms with E-state index in [9.17, 15) is 27.6 Å². The Balaban J connectivity index is 1.72. The van der Waals surface area contributed by atoms with Gasteiger partial charge in [-0.15, -0.1) is 23.1 Å². The Morgan fingerprint density at radius 2 is 1.97 bits per heavy atom. The molecule has 6 nitrogen and oxygen atoms in total. The Kier molecular flexibility index (Phi) is 7.50. The van der Waals surface area contributed by atoms with Gasteiger partial charge in [-0.25, -0.2) is 4.79 Å². The predicted octanol–water partition coefficient (Wildman–Crippen LogP) is 5.34. The van der Waals surface area contributed by atoms with Gasteiger partial charge >= 0.3 is 12.1 Å². The van der Waals surface area contributed by atoms with Crippen LogP contribution in [0.5, 0.6) is 0 Å². The van der Waals surface area contributed by atoms with E-state index >= 15 is 0 Å². The normalized spacial score (nSPS) is 15.7. The summed E-state index contributed by atoms with van der Waals surface area (Å²) in [6, 6.07) is 4.79. The second-order valence-corrected chi connectivity index (χ2v) is 9.36. The molecule has 1 aliphatic heterocycles. The fourth-order valence-corrected chi connectivity index (χ4v) is 5.33. The van der Waals surface area contributed by atoms with Crippen molar-refractivity contribution in [2.24, 2.45) is 0 Å². The Morgan fingerprint density at radius 3 is 2.62 bits per heavy atom. The zero-order valence-corrected chi connectivity index (χ0v) is 18.9. The number of rotatable bonds is 7. The van der Waals surface area contributed by atoms with Gasteiger partial charge in [-0.2, -0.15) is 13.2 Å². The maximum absolute atomic E-state index is 12.9. The average molecular weight is 487 g/mol. The smallest absolute Gasteiger partial charge is 0.416 e. The van der Waals surface area contributed by atoms with E-state index in [4.69, 9.17) is 4.74 Å². The molecule has 1 unspecified atom stereocenters. The van der Waals surface area contributed by atoms with Gasteiger partial charge in [0.1, 0.15) is 5.00 Å². The SMILES string of the molecule is CCCc1cc(C(=O)OCC)c(NC(=O)CC2Sc3ccc(C(F)(F)F)cc3NC2=O)s1. The molecule has 0 spiro atoms. The summed E-state index contributed by atoms with van der Waals surface area (Å²) in [5, 5.41) is 4.67. The number of halogens is 3. The topological polar surface area (TPSA) is 84.5 Å². The van der Waals surface area contributed by atoms with Crippen LogP contribution < -0.4 is 10.6 Å². The van der Waals surface area contributed by atoms with Crippen LogP contribution >= 0.6 is 23.1 Å². The third-order valence-corrected chi connectivity index (χ3v) is 6.91. The van der Waals surface area contributed by atoms with Crippen LogP contribution in [-0.4, -0.2) is 29.6 Å². The summed E-state index contributed by atoms with van der Waals surface area (Å²) in [5.41, 5.74) is -0.529. The summed E-state index contributed by atoms with van der Waals surface area (Å²) < 4.78 is 43.7. The monoisotopic (exact) mass is 486 g/mol. The number of benzene rings is 1. The Morgan fingerprint density at radius 1 is 1.22 bits per heavy atom. The Labute approximate surface area is 190 Å². The Bertz CT molecular complexity index is 1040. The first-order valence-corrected chi connectivity index (χ1v) is 11.6. The molecule has 1 aromatic carbocycles. The molecule has 0 fully saturated rings. The number of carbonyl (C=O) groups is 3. The molecule has 2 amide bonds. The minimum absolute atomic E-state index is 0.0681. The van der Waals surface area contributed by atoms with Crippen molar-refractivity contribution in [3.63, 3.8) is 0 Å². The van der Waals surface area contributed by atoms with E-state index in [-0.39, 0.29) is 24.3 Å². The summed E-state index contributed by atoms with van der Waals surface area (Å²) in [6.45, 7) is 3.87. The molecular weight excluding hydrogens is 465 g/mol. The van der Waals surface area contributed by atoms with Crippen LogP contribution in [0.2, 0.25) is 0 Å². The van der Waals surface area contributed by atoms with Gasteiger partial charge in [0.15, 0.2) is 0 Å². The van der Waals surface area contributed by atoms with E-state index in [1.54, 1.807) is 13.0 Å². The molecule has 1 aromatic heterocycles. The molecule has 0 bridgehead atoms. The molecule has 32 heavy (non-hydrogen) atoms. The van der Waals surface area contributed by atoms with Crippen LogP contribution in [0.4, 0.5) is 23.9 Å². The van der Waals surface area contributed by atoms with Gasteiger partial charge in [0.05, 0.1) is 28.7 Å². The van der Waals surface area contributed by atoms with Gasteiger partial charge in [0.25, 0.3) is 0 Å². The molecule has 0 aliphatic carbocycles. The number of carbonyl (C=O) groups excluding carboxylic acids is 3. The number of fused-ring (bicyclic) bond motifs is 1. The van der Waals surface area contributed by atoms with E-state index in [1.165, 1.54) is 17.4 Å². The summed E-state index contributed by atoms with van der Waals surface area (Å²) in [4.78, 5) is 38.6. The molecule has 1 aliphatic rings. The highest BCUT2D eigenvalue weighted by Gasteiger charge is 2.34. The molecule has 0 saturated heterocycles. The first-order chi connectivity index (χ1) is 15.1. The second kappa shape index (κ2) is 9.95. The van der Waals surface area contributed by atoms with Crippen molar-refractivity contribution < 1.29 is 32.3 Å². The molecule has 2 N–H and O–H groups in total. The van der Waals surface area contributed by atoms with Gasteiger partial charge < -0.3 is 15.4 Å². The average Bonchev–Trinajstić information content (AvgIpc) is 3.10. The number of thioether (sulfide) groups is 1. The van der Waals surface area contributed by atoms with Gasteiger partial charge in [-0.1, -0.05) is 13.3 Å². The van der Waals surface area contributed by atoms with Gasteiger partial charge in [-0.05, 0) is 37.6 Å². The Hall–Kier alpha value is -2.53. The number of alkyl halides is 3. The number of anilines is 2. The van der Waals surface area contributed by atoms with Crippen LogP contribution in [0.25, 0.3) is 0 Å². The lowest BCUT2D eigenvalue weighted by Crippen LogP contribution is -2.32. The maximum atomic E-state index is 12.9. The molecule has 1 atom stereocenters. The first kappa shape index (κ1) is 24.1. The summed E-state index contributed by atoms with van der Waals surface area (Å²) >= 11 is 2.30. The van der Waals surface area contributed by atoms with Crippen molar-refractivity contribution >= 4 is 51.6 Å². The van der Waals surface area contributed by atoms with Crippen molar-refractivity contribution in [2.75, 3.05) is 17.2 Å². The number of hydrogen-bond donors (Lipinski definition) is 2. The van der Waals surface area contributed by atoms with Crippen molar-refractivity contribution in [3.05, 3.63) is 40.3 Å². The molecular formula is C21H21F3N2O4S2. The minimum Gasteiger partial charge on any atom is -0.462 e. The lowest BCUT2D eigenvalue weighted by atomic mass is 10.1. The van der Waals surface area contributed by atoms with Crippen molar-refractivity contribution in [3.8, 4) is 0 Å². The zero-order valence-electron chi connectivity index (χ0n) is 17.3. The van der Waals surface area contributed by atoms with Crippen LogP contribution in [0.1, 0.15) is 47.5 Å². The van der Waals surface area contributed by atoms with Crippen molar-refractivity contribution in [1.29, 1.82) is 0 Å². The highest BCUT2D eigenvalue weighted by molar-refractivity contribution is 8.01. The van der Waals surface area contributed by atoms with Crippen molar-refractivity contribution in [2.45, 2.75) is 49.4 Å². The van der Waals surface area contributed by atoms with E-state index in [0.29, 0.717) is 9.90 Å². The summed E-state index contributed by atoms with van der Waals surface area (Å²) in [6.07, 6.45) is -3.12. The zero-order chi connectivity index (χ0) is 23.5. The lowest BCUT2D eigenvalue weighted by molar-refractivity contribution is -0.137. The number of thiophene rings is 1. The molecule has 2 aromatic rings. The highest BCUT2D eigenvalue weighted by atomic mass is 32.2. The molecule has 0 saturated carbocycles. The first-order valence-electron chi connectivity index (χ1n) is 9.90. The fraction of sp³-hybridized carbons (Fsp3) is 0.381. The van der Waals surface area contributed by atoms with Gasteiger partial charge in [0.2, 0.25) is 11.8 Å². The van der Waals surface area contributed by atoms with Crippen LogP contribution in [0.15, 0.2) is 29.2 Å². The van der Waals surface area contributed by atoms with Crippen LogP contribution in [0.3, 0.4) is 0 Å². The largest absolute Gasteiger partial charge is 0.462 e. The number of ether oxygens (including phenoxy) is 1. The summed E-state index contributed by atoms with van der Waals surface area (Å²) in [5.74, 6) is -1.58. The fourth-order valence-electron chi connectivity index (χ4n) is 3.07. The maximum Gasteiger partial charge on any atom is 0.416 e. The quantitative estimate of drug-likeness (QED) is 0.517. The predicted molar refractivity (Wildman–Crippen MR) is 117 cm³/mol. The third kappa shape index (κ3) is 5.63. The molecule has 3 rings (SSSR count). The summed E-state index contributed by atoms with van der Waals surface area (Å²) in [7, 11) is 0.